The van der Waals surface area contributed by atoms with Crippen LogP contribution in [0.1, 0.15) is 0 Å². The predicted octanol–water partition coefficient (Wildman–Crippen LogP) is 3.81. The molecule has 0 radical (unpaired) electrons. The Bertz CT molecular complexity index is 1040. The van der Waals surface area contributed by atoms with Crippen LogP contribution in [0.25, 0.3) is 27.8 Å². The van der Waals surface area contributed by atoms with E-state index in [1.165, 1.54) is 12.1 Å². The third-order valence-electron chi connectivity index (χ3n) is 3.90. The number of fused-ring (bicyclic) bond motifs is 1. The van der Waals surface area contributed by atoms with E-state index in [0.717, 1.165) is 16.6 Å². The minimum Gasteiger partial charge on any atom is -0.508 e. The van der Waals surface area contributed by atoms with Crippen molar-refractivity contribution in [1.29, 1.82) is 0 Å². The lowest BCUT2D eigenvalue weighted by Crippen LogP contribution is -1.95. The van der Waals surface area contributed by atoms with Gasteiger partial charge in [0.2, 0.25) is 0 Å². The van der Waals surface area contributed by atoms with Crippen molar-refractivity contribution in [2.75, 3.05) is 0 Å². The number of aromatic nitrogens is 2. The number of phenolic OH excluding ortho intramolecular Hbond substituents is 3. The number of phenols is 3. The van der Waals surface area contributed by atoms with Crippen molar-refractivity contribution < 1.29 is 15.3 Å². The fraction of sp³-hybridized carbons (Fsp3) is 0. The number of rotatable bonds is 2. The van der Waals surface area contributed by atoms with Crippen LogP contribution in [0.3, 0.4) is 0 Å². The molecule has 0 aliphatic carbocycles. The predicted molar refractivity (Wildman–Crippen MR) is 91.5 cm³/mol. The van der Waals surface area contributed by atoms with Crippen LogP contribution in [0.4, 0.5) is 0 Å². The first-order valence-electron chi connectivity index (χ1n) is 7.43. The Labute approximate surface area is 137 Å². The Kier molecular flexibility index (Phi) is 3.13. The second-order valence-corrected chi connectivity index (χ2v) is 5.50. The standard InChI is InChI=1S/C19H14N2O3/c22-13-6-8-15-17(10-13)21(12-4-2-1-3-5-12)20-19(15)16-9-7-14(23)11-18(16)24/h1-11,22-24H. The summed E-state index contributed by atoms with van der Waals surface area (Å²) in [6, 6.07) is 18.9. The maximum absolute atomic E-state index is 10.2. The average molecular weight is 318 g/mol. The molecule has 0 saturated heterocycles. The van der Waals surface area contributed by atoms with Crippen molar-refractivity contribution in [2.45, 2.75) is 0 Å². The highest BCUT2D eigenvalue weighted by molar-refractivity contribution is 5.96. The van der Waals surface area contributed by atoms with Crippen LogP contribution in [0, 0.1) is 0 Å². The molecule has 4 rings (SSSR count). The molecule has 0 aliphatic heterocycles. The maximum atomic E-state index is 10.2. The van der Waals surface area contributed by atoms with Crippen molar-refractivity contribution in [1.82, 2.24) is 9.78 Å². The van der Waals surface area contributed by atoms with Gasteiger partial charge in [-0.05, 0) is 36.4 Å². The molecule has 0 spiro atoms. The van der Waals surface area contributed by atoms with Gasteiger partial charge < -0.3 is 15.3 Å². The van der Waals surface area contributed by atoms with Crippen molar-refractivity contribution in [3.63, 3.8) is 0 Å². The quantitative estimate of drug-likeness (QED) is 0.525. The Morgan fingerprint density at radius 2 is 1.46 bits per heavy atom. The normalized spacial score (nSPS) is 11.0. The van der Waals surface area contributed by atoms with Crippen LogP contribution in [0.2, 0.25) is 0 Å². The van der Waals surface area contributed by atoms with Gasteiger partial charge in [0.25, 0.3) is 0 Å². The summed E-state index contributed by atoms with van der Waals surface area (Å²) in [6.07, 6.45) is 0. The summed E-state index contributed by atoms with van der Waals surface area (Å²) in [6.45, 7) is 0. The molecule has 1 heterocycles. The van der Waals surface area contributed by atoms with Gasteiger partial charge in [-0.1, -0.05) is 18.2 Å². The van der Waals surface area contributed by atoms with E-state index in [4.69, 9.17) is 0 Å². The van der Waals surface area contributed by atoms with Crippen LogP contribution in [-0.4, -0.2) is 25.1 Å². The fourth-order valence-corrected chi connectivity index (χ4v) is 2.79. The Morgan fingerprint density at radius 3 is 2.21 bits per heavy atom. The molecule has 3 N–H and O–H groups in total. The van der Waals surface area contributed by atoms with Gasteiger partial charge in [0, 0.05) is 23.1 Å². The lowest BCUT2D eigenvalue weighted by Gasteiger charge is -2.03. The third-order valence-corrected chi connectivity index (χ3v) is 3.90. The smallest absolute Gasteiger partial charge is 0.128 e. The van der Waals surface area contributed by atoms with E-state index in [0.29, 0.717) is 11.3 Å². The first-order chi connectivity index (χ1) is 11.6. The van der Waals surface area contributed by atoms with E-state index in [-0.39, 0.29) is 17.2 Å². The number of benzene rings is 3. The summed E-state index contributed by atoms with van der Waals surface area (Å²) in [4.78, 5) is 0. The van der Waals surface area contributed by atoms with Crippen molar-refractivity contribution in [2.24, 2.45) is 0 Å². The molecule has 0 fully saturated rings. The molecular weight excluding hydrogens is 304 g/mol. The van der Waals surface area contributed by atoms with Gasteiger partial charge >= 0.3 is 0 Å². The molecule has 5 heteroatoms. The largest absolute Gasteiger partial charge is 0.508 e. The zero-order valence-electron chi connectivity index (χ0n) is 12.6. The van der Waals surface area contributed by atoms with Crippen LogP contribution in [0.5, 0.6) is 17.2 Å². The lowest BCUT2D eigenvalue weighted by atomic mass is 10.1. The fourth-order valence-electron chi connectivity index (χ4n) is 2.79. The molecule has 4 aromatic rings. The zero-order valence-corrected chi connectivity index (χ0v) is 12.6. The SMILES string of the molecule is Oc1ccc(-c2nn(-c3ccccc3)c3cc(O)ccc23)c(O)c1. The van der Waals surface area contributed by atoms with Crippen LogP contribution < -0.4 is 0 Å². The molecule has 24 heavy (non-hydrogen) atoms. The summed E-state index contributed by atoms with van der Waals surface area (Å²) in [5.41, 5.74) is 2.66. The van der Waals surface area contributed by atoms with Gasteiger partial charge in [0.05, 0.1) is 11.2 Å². The van der Waals surface area contributed by atoms with E-state index in [1.54, 1.807) is 28.9 Å². The number of aromatic hydroxyl groups is 3. The van der Waals surface area contributed by atoms with E-state index >= 15 is 0 Å². The minimum absolute atomic E-state index is 0.0132. The summed E-state index contributed by atoms with van der Waals surface area (Å²) in [5, 5.41) is 34.9. The van der Waals surface area contributed by atoms with Crippen LogP contribution in [0.15, 0.2) is 66.7 Å². The molecule has 118 valence electrons. The topological polar surface area (TPSA) is 78.5 Å². The Hall–Kier alpha value is -3.47. The van der Waals surface area contributed by atoms with Gasteiger partial charge in [-0.25, -0.2) is 4.68 Å². The van der Waals surface area contributed by atoms with Gasteiger partial charge in [-0.15, -0.1) is 0 Å². The second-order valence-electron chi connectivity index (χ2n) is 5.50. The molecule has 0 amide bonds. The van der Waals surface area contributed by atoms with E-state index < -0.39 is 0 Å². The van der Waals surface area contributed by atoms with Crippen molar-refractivity contribution in [3.05, 3.63) is 66.7 Å². The molecule has 0 atom stereocenters. The molecule has 5 nitrogen and oxygen atoms in total. The number of nitrogens with zero attached hydrogens (tertiary/aromatic N) is 2. The summed E-state index contributed by atoms with van der Waals surface area (Å²) in [7, 11) is 0. The van der Waals surface area contributed by atoms with Gasteiger partial charge in [0.1, 0.15) is 22.9 Å². The van der Waals surface area contributed by atoms with Crippen LogP contribution in [-0.2, 0) is 0 Å². The summed E-state index contributed by atoms with van der Waals surface area (Å²) in [5.74, 6) is 0.0736. The third kappa shape index (κ3) is 2.23. The molecule has 0 unspecified atom stereocenters. The maximum Gasteiger partial charge on any atom is 0.128 e. The molecule has 3 aromatic carbocycles. The lowest BCUT2D eigenvalue weighted by molar-refractivity contribution is 0.451. The molecule has 0 saturated carbocycles. The first-order valence-corrected chi connectivity index (χ1v) is 7.43. The highest BCUT2D eigenvalue weighted by Gasteiger charge is 2.17. The van der Waals surface area contributed by atoms with Gasteiger partial charge in [-0.2, -0.15) is 5.10 Å². The molecule has 0 bridgehead atoms. The number of hydrogen-bond acceptors (Lipinski definition) is 4. The van der Waals surface area contributed by atoms with Crippen LogP contribution >= 0.6 is 0 Å². The van der Waals surface area contributed by atoms with E-state index in [9.17, 15) is 15.3 Å². The van der Waals surface area contributed by atoms with E-state index in [1.807, 2.05) is 30.3 Å². The van der Waals surface area contributed by atoms with Crippen molar-refractivity contribution >= 4 is 10.9 Å². The summed E-state index contributed by atoms with van der Waals surface area (Å²) >= 11 is 0. The summed E-state index contributed by atoms with van der Waals surface area (Å²) < 4.78 is 1.72. The molecule has 1 aromatic heterocycles. The molecule has 0 aliphatic rings. The van der Waals surface area contributed by atoms with Gasteiger partial charge in [0.15, 0.2) is 0 Å². The number of hydrogen-bond donors (Lipinski definition) is 3. The second kappa shape index (κ2) is 5.31. The Morgan fingerprint density at radius 1 is 0.750 bits per heavy atom. The highest BCUT2D eigenvalue weighted by atomic mass is 16.3. The van der Waals surface area contributed by atoms with Gasteiger partial charge in [-0.3, -0.25) is 0 Å². The van der Waals surface area contributed by atoms with E-state index in [2.05, 4.69) is 5.10 Å². The average Bonchev–Trinajstić information content (AvgIpc) is 2.94. The monoisotopic (exact) mass is 318 g/mol. The molecular formula is C19H14N2O3. The highest BCUT2D eigenvalue weighted by Crippen LogP contribution is 2.37. The minimum atomic E-state index is -0.0531. The Balaban J connectivity index is 2.04. The zero-order chi connectivity index (χ0) is 16.7. The number of para-hydroxylation sites is 1. The van der Waals surface area contributed by atoms with Crippen molar-refractivity contribution in [3.8, 4) is 34.2 Å². The first kappa shape index (κ1) is 14.1.